The zero-order chi connectivity index (χ0) is 26.2. The van der Waals surface area contributed by atoms with Crippen LogP contribution in [0.25, 0.3) is 10.2 Å². The lowest BCUT2D eigenvalue weighted by atomic mass is 10.00. The monoisotopic (exact) mass is 516 g/mol. The normalized spacial score (nSPS) is 22.5. The molecule has 1 aliphatic heterocycles. The summed E-state index contributed by atoms with van der Waals surface area (Å²) in [5, 5.41) is 10.6. The lowest BCUT2D eigenvalue weighted by molar-refractivity contribution is -0.131. The van der Waals surface area contributed by atoms with Gasteiger partial charge in [-0.25, -0.2) is 4.98 Å². The number of hydrogen-bond acceptors (Lipinski definition) is 8. The summed E-state index contributed by atoms with van der Waals surface area (Å²) in [7, 11) is 0. The van der Waals surface area contributed by atoms with Crippen molar-refractivity contribution in [3.63, 3.8) is 0 Å². The Kier molecular flexibility index (Phi) is 9.48. The number of benzene rings is 1. The number of aryl methyl sites for hydroxylation is 1. The van der Waals surface area contributed by atoms with E-state index in [0.29, 0.717) is 31.3 Å². The average molecular weight is 517 g/mol. The Morgan fingerprint density at radius 1 is 1.17 bits per heavy atom. The van der Waals surface area contributed by atoms with Crippen LogP contribution < -0.4 is 27.0 Å². The number of nitrogens with two attached hydrogens (primary N) is 1. The molecule has 1 aromatic carbocycles. The molecule has 0 bridgehead atoms. The van der Waals surface area contributed by atoms with E-state index in [0.717, 1.165) is 10.3 Å². The minimum Gasteiger partial charge on any atom is -0.356 e. The Bertz CT molecular complexity index is 1150. The topological polar surface area (TPSA) is 172 Å². The maximum Gasteiger partial charge on any atom is 0.242 e. The molecule has 194 valence electrons. The molecule has 1 aliphatic rings. The molecule has 0 aliphatic carbocycles. The SMILES string of the molecule is Cc1ccc2nc(C(=O)CNC(=O)C3CC(C)C(=O)NCCCCC(N)C(=O)NCC(=O)N3)sc2c1. The quantitative estimate of drug-likeness (QED) is 0.360. The van der Waals surface area contributed by atoms with Gasteiger partial charge in [-0.15, -0.1) is 11.3 Å². The molecule has 36 heavy (non-hydrogen) atoms. The van der Waals surface area contributed by atoms with Gasteiger partial charge in [0.15, 0.2) is 5.01 Å². The van der Waals surface area contributed by atoms with Gasteiger partial charge in [-0.1, -0.05) is 13.0 Å². The third-order valence-electron chi connectivity index (χ3n) is 5.90. The molecule has 1 fully saturated rings. The largest absolute Gasteiger partial charge is 0.356 e. The van der Waals surface area contributed by atoms with Gasteiger partial charge >= 0.3 is 0 Å². The van der Waals surface area contributed by atoms with Crippen LogP contribution in [-0.4, -0.2) is 66.1 Å². The highest BCUT2D eigenvalue weighted by Gasteiger charge is 2.27. The van der Waals surface area contributed by atoms with Crippen molar-refractivity contribution in [2.24, 2.45) is 11.7 Å². The lowest BCUT2D eigenvalue weighted by Gasteiger charge is -2.21. The number of nitrogens with zero attached hydrogens (tertiary/aromatic N) is 1. The van der Waals surface area contributed by atoms with Gasteiger partial charge < -0.3 is 27.0 Å². The predicted molar refractivity (Wildman–Crippen MR) is 135 cm³/mol. The first kappa shape index (κ1) is 27.2. The summed E-state index contributed by atoms with van der Waals surface area (Å²) in [5.74, 6) is -2.87. The summed E-state index contributed by atoms with van der Waals surface area (Å²) in [5.41, 5.74) is 7.60. The minimum absolute atomic E-state index is 0.0193. The Labute approximate surface area is 213 Å². The first-order valence-corrected chi connectivity index (χ1v) is 12.7. The van der Waals surface area contributed by atoms with E-state index in [4.69, 9.17) is 5.73 Å². The number of amides is 4. The fraction of sp³-hybridized carbons (Fsp3) is 0.500. The Morgan fingerprint density at radius 3 is 2.72 bits per heavy atom. The Hall–Kier alpha value is -3.38. The van der Waals surface area contributed by atoms with Gasteiger partial charge in [-0.05, 0) is 50.3 Å². The van der Waals surface area contributed by atoms with Crippen LogP contribution in [0.4, 0.5) is 0 Å². The second-order valence-corrected chi connectivity index (χ2v) is 10.0. The van der Waals surface area contributed by atoms with Crippen molar-refractivity contribution in [3.8, 4) is 0 Å². The zero-order valence-electron chi connectivity index (χ0n) is 20.4. The van der Waals surface area contributed by atoms with Gasteiger partial charge in [0.25, 0.3) is 0 Å². The highest BCUT2D eigenvalue weighted by Crippen LogP contribution is 2.23. The van der Waals surface area contributed by atoms with Crippen LogP contribution in [0.3, 0.4) is 0 Å². The third-order valence-corrected chi connectivity index (χ3v) is 6.95. The predicted octanol–water partition coefficient (Wildman–Crippen LogP) is 0.158. The molecule has 1 saturated heterocycles. The highest BCUT2D eigenvalue weighted by atomic mass is 32.1. The number of aromatic nitrogens is 1. The number of fused-ring (bicyclic) bond motifs is 1. The van der Waals surface area contributed by atoms with E-state index >= 15 is 0 Å². The molecule has 12 heteroatoms. The van der Waals surface area contributed by atoms with Crippen LogP contribution in [0, 0.1) is 12.8 Å². The molecule has 3 atom stereocenters. The van der Waals surface area contributed by atoms with Gasteiger partial charge in [0, 0.05) is 12.5 Å². The summed E-state index contributed by atoms with van der Waals surface area (Å²) in [6.07, 6.45) is 1.73. The lowest BCUT2D eigenvalue weighted by Crippen LogP contribution is -2.52. The zero-order valence-corrected chi connectivity index (χ0v) is 21.2. The van der Waals surface area contributed by atoms with Crippen LogP contribution in [0.15, 0.2) is 18.2 Å². The van der Waals surface area contributed by atoms with Crippen molar-refractivity contribution in [2.75, 3.05) is 19.6 Å². The van der Waals surface area contributed by atoms with Crippen molar-refractivity contribution < 1.29 is 24.0 Å². The molecule has 0 spiro atoms. The Balaban J connectivity index is 1.66. The molecule has 0 saturated carbocycles. The van der Waals surface area contributed by atoms with E-state index in [1.807, 2.05) is 25.1 Å². The number of hydrogen-bond donors (Lipinski definition) is 5. The molecular weight excluding hydrogens is 484 g/mol. The van der Waals surface area contributed by atoms with Crippen LogP contribution in [0.5, 0.6) is 0 Å². The van der Waals surface area contributed by atoms with Gasteiger partial charge in [0.2, 0.25) is 29.4 Å². The van der Waals surface area contributed by atoms with Crippen molar-refractivity contribution >= 4 is 51.0 Å². The van der Waals surface area contributed by atoms with Crippen molar-refractivity contribution in [3.05, 3.63) is 28.8 Å². The second-order valence-electron chi connectivity index (χ2n) is 9.00. The van der Waals surface area contributed by atoms with Crippen LogP contribution in [0.1, 0.15) is 48.0 Å². The molecule has 3 rings (SSSR count). The first-order valence-electron chi connectivity index (χ1n) is 11.9. The standard InChI is InChI=1S/C24H32N6O5S/c1-13-6-7-16-19(9-13)36-24(30-16)18(31)11-27-23(35)17-10-14(2)21(33)26-8-4-3-5-15(25)22(34)28-12-20(32)29-17/h6-7,9,14-15,17H,3-5,8,10-12,25H2,1-2H3,(H,26,33)(H,27,35)(H,28,34)(H,29,32). The fourth-order valence-electron chi connectivity index (χ4n) is 3.76. The summed E-state index contributed by atoms with van der Waals surface area (Å²) in [6, 6.07) is 3.83. The summed E-state index contributed by atoms with van der Waals surface area (Å²) in [4.78, 5) is 66.9. The molecule has 2 aromatic rings. The number of carbonyl (C=O) groups excluding carboxylic acids is 5. The van der Waals surface area contributed by atoms with Crippen molar-refractivity contribution in [1.82, 2.24) is 26.3 Å². The highest BCUT2D eigenvalue weighted by molar-refractivity contribution is 7.20. The van der Waals surface area contributed by atoms with Gasteiger partial charge in [0.05, 0.1) is 29.3 Å². The number of rotatable bonds is 4. The summed E-state index contributed by atoms with van der Waals surface area (Å²) in [6.45, 7) is 3.35. The number of nitrogens with one attached hydrogen (secondary N) is 4. The molecular formula is C24H32N6O5S. The van der Waals surface area contributed by atoms with Crippen molar-refractivity contribution in [2.45, 2.75) is 51.6 Å². The van der Waals surface area contributed by atoms with Crippen LogP contribution in [-0.2, 0) is 19.2 Å². The molecule has 4 amide bonds. The van der Waals surface area contributed by atoms with E-state index in [2.05, 4.69) is 26.3 Å². The van der Waals surface area contributed by atoms with E-state index in [1.165, 1.54) is 11.3 Å². The Morgan fingerprint density at radius 2 is 1.94 bits per heavy atom. The average Bonchev–Trinajstić information content (AvgIpc) is 3.27. The van der Waals surface area contributed by atoms with Gasteiger partial charge in [-0.2, -0.15) is 0 Å². The van der Waals surface area contributed by atoms with E-state index in [9.17, 15) is 24.0 Å². The number of thiazole rings is 1. The molecule has 6 N–H and O–H groups in total. The minimum atomic E-state index is -1.08. The second kappa shape index (κ2) is 12.5. The van der Waals surface area contributed by atoms with E-state index in [-0.39, 0.29) is 36.2 Å². The maximum atomic E-state index is 12.9. The number of ketones is 1. The van der Waals surface area contributed by atoms with Crippen LogP contribution in [0.2, 0.25) is 0 Å². The maximum absolute atomic E-state index is 12.9. The molecule has 11 nitrogen and oxygen atoms in total. The molecule has 0 radical (unpaired) electrons. The molecule has 2 heterocycles. The van der Waals surface area contributed by atoms with Crippen LogP contribution >= 0.6 is 11.3 Å². The van der Waals surface area contributed by atoms with Gasteiger partial charge in [0.1, 0.15) is 6.04 Å². The molecule has 1 aromatic heterocycles. The van der Waals surface area contributed by atoms with Gasteiger partial charge in [-0.3, -0.25) is 24.0 Å². The van der Waals surface area contributed by atoms with E-state index in [1.54, 1.807) is 6.92 Å². The smallest absolute Gasteiger partial charge is 0.242 e. The number of Topliss-reactive ketones (excluding diaryl/α,β-unsaturated/α-hetero) is 1. The first-order chi connectivity index (χ1) is 17.1. The fourth-order valence-corrected chi connectivity index (χ4v) is 4.76. The summed E-state index contributed by atoms with van der Waals surface area (Å²) < 4.78 is 0.875. The number of carbonyl (C=O) groups is 5. The molecule has 3 unspecified atom stereocenters. The third kappa shape index (κ3) is 7.56. The van der Waals surface area contributed by atoms with E-state index < -0.39 is 35.7 Å². The van der Waals surface area contributed by atoms with Crippen molar-refractivity contribution in [1.29, 1.82) is 0 Å². The summed E-state index contributed by atoms with van der Waals surface area (Å²) >= 11 is 1.24.